The number of carbonyl (C=O) groups is 1. The molecule has 3 aromatic rings. The topological polar surface area (TPSA) is 86.3 Å². The van der Waals surface area contributed by atoms with E-state index in [1.54, 1.807) is 23.1 Å². The maximum absolute atomic E-state index is 12.7. The summed E-state index contributed by atoms with van der Waals surface area (Å²) >= 11 is 3.21. The summed E-state index contributed by atoms with van der Waals surface area (Å²) in [6.07, 6.45) is 5.66. The van der Waals surface area contributed by atoms with E-state index in [4.69, 9.17) is 0 Å². The first-order valence-corrected chi connectivity index (χ1v) is 12.7. The smallest absolute Gasteiger partial charge is 0.254 e. The zero-order chi connectivity index (χ0) is 22.7. The van der Waals surface area contributed by atoms with Gasteiger partial charge in [-0.3, -0.25) is 4.79 Å². The Balaban J connectivity index is 1.29. The van der Waals surface area contributed by atoms with Crippen LogP contribution in [0, 0.1) is 5.92 Å². The number of anilines is 2. The number of amides is 1. The number of thioether (sulfide) groups is 1. The standard InChI is InChI=1S/C22H29N7OS2/c1-14(8-23-21-24-10-17(31-4)11-25-21)9-26-22-27-18-6-5-15(7-19(18)32-22)20(30)29-12-16(13-29)28(2)3/h5-7,10-11,14,16H,8-9,12-13H2,1-4H3,(H,26,27)(H,23,24,25)/t14-/m0/s1. The molecule has 1 aliphatic heterocycles. The van der Waals surface area contributed by atoms with Crippen LogP contribution in [0.5, 0.6) is 0 Å². The summed E-state index contributed by atoms with van der Waals surface area (Å²) in [4.78, 5) is 31.2. The number of hydrogen-bond acceptors (Lipinski definition) is 9. The Hall–Kier alpha value is -2.43. The predicted octanol–water partition coefficient (Wildman–Crippen LogP) is 3.35. The number of carbonyl (C=O) groups excluding carboxylic acids is 1. The summed E-state index contributed by atoms with van der Waals surface area (Å²) in [6.45, 7) is 5.28. The van der Waals surface area contributed by atoms with Crippen LogP contribution in [0.2, 0.25) is 0 Å². The second-order valence-corrected chi connectivity index (χ2v) is 10.3. The molecule has 1 saturated heterocycles. The third-order valence-electron chi connectivity index (χ3n) is 5.59. The number of aromatic nitrogens is 3. The van der Waals surface area contributed by atoms with Gasteiger partial charge in [0.05, 0.1) is 10.2 Å². The molecule has 0 saturated carbocycles. The van der Waals surface area contributed by atoms with Gasteiger partial charge in [-0.2, -0.15) is 0 Å². The molecular weight excluding hydrogens is 442 g/mol. The molecule has 170 valence electrons. The lowest BCUT2D eigenvalue weighted by Gasteiger charge is -2.42. The minimum Gasteiger partial charge on any atom is -0.361 e. The van der Waals surface area contributed by atoms with Gasteiger partial charge in [0, 0.05) is 55.1 Å². The van der Waals surface area contributed by atoms with Gasteiger partial charge in [0.15, 0.2) is 5.13 Å². The summed E-state index contributed by atoms with van der Waals surface area (Å²) in [7, 11) is 4.11. The van der Waals surface area contributed by atoms with Crippen molar-refractivity contribution in [3.05, 3.63) is 36.2 Å². The van der Waals surface area contributed by atoms with E-state index in [0.717, 1.165) is 52.0 Å². The number of nitrogens with one attached hydrogen (secondary N) is 2. The highest BCUT2D eigenvalue weighted by atomic mass is 32.2. The van der Waals surface area contributed by atoms with E-state index in [2.05, 4.69) is 51.5 Å². The van der Waals surface area contributed by atoms with Crippen molar-refractivity contribution in [3.63, 3.8) is 0 Å². The molecule has 1 atom stereocenters. The molecule has 0 spiro atoms. The highest BCUT2D eigenvalue weighted by Crippen LogP contribution is 2.28. The average molecular weight is 472 g/mol. The number of thiazole rings is 1. The summed E-state index contributed by atoms with van der Waals surface area (Å²) in [5, 5.41) is 7.57. The van der Waals surface area contributed by atoms with E-state index < -0.39 is 0 Å². The van der Waals surface area contributed by atoms with Crippen molar-refractivity contribution in [1.29, 1.82) is 0 Å². The first-order chi connectivity index (χ1) is 15.4. The first-order valence-electron chi connectivity index (χ1n) is 10.6. The number of nitrogens with zero attached hydrogens (tertiary/aromatic N) is 5. The molecule has 8 nitrogen and oxygen atoms in total. The van der Waals surface area contributed by atoms with E-state index in [-0.39, 0.29) is 5.91 Å². The Bertz CT molecular complexity index is 1060. The van der Waals surface area contributed by atoms with E-state index in [9.17, 15) is 4.79 Å². The Kier molecular flexibility index (Phi) is 7.12. The summed E-state index contributed by atoms with van der Waals surface area (Å²) in [6, 6.07) is 6.24. The molecule has 0 bridgehead atoms. The van der Waals surface area contributed by atoms with Crippen molar-refractivity contribution in [2.75, 3.05) is 57.2 Å². The van der Waals surface area contributed by atoms with E-state index in [1.807, 2.05) is 41.7 Å². The second kappa shape index (κ2) is 10.0. The maximum Gasteiger partial charge on any atom is 0.254 e. The second-order valence-electron chi connectivity index (χ2n) is 8.34. The van der Waals surface area contributed by atoms with Gasteiger partial charge in [0.25, 0.3) is 5.91 Å². The highest BCUT2D eigenvalue weighted by Gasteiger charge is 2.32. The van der Waals surface area contributed by atoms with Gasteiger partial charge in [0.2, 0.25) is 5.95 Å². The van der Waals surface area contributed by atoms with Gasteiger partial charge < -0.3 is 20.4 Å². The van der Waals surface area contributed by atoms with Crippen molar-refractivity contribution in [2.45, 2.75) is 17.9 Å². The minimum atomic E-state index is 0.0976. The number of hydrogen-bond donors (Lipinski definition) is 2. The molecule has 10 heteroatoms. The number of likely N-dealkylation sites (tertiary alicyclic amines) is 1. The van der Waals surface area contributed by atoms with Gasteiger partial charge in [-0.25, -0.2) is 15.0 Å². The molecule has 4 rings (SSSR count). The number of fused-ring (bicyclic) bond motifs is 1. The highest BCUT2D eigenvalue weighted by molar-refractivity contribution is 7.98. The zero-order valence-electron chi connectivity index (χ0n) is 18.8. The molecule has 3 heterocycles. The maximum atomic E-state index is 12.7. The van der Waals surface area contributed by atoms with E-state index in [1.165, 1.54) is 0 Å². The molecule has 1 fully saturated rings. The third kappa shape index (κ3) is 5.31. The molecule has 1 aliphatic rings. The van der Waals surface area contributed by atoms with Gasteiger partial charge in [-0.05, 0) is 44.5 Å². The molecule has 32 heavy (non-hydrogen) atoms. The molecule has 2 aromatic heterocycles. The van der Waals surface area contributed by atoms with Crippen LogP contribution in [0.25, 0.3) is 10.2 Å². The van der Waals surface area contributed by atoms with Gasteiger partial charge in [0.1, 0.15) is 0 Å². The molecule has 1 aromatic carbocycles. The molecule has 0 unspecified atom stereocenters. The van der Waals surface area contributed by atoms with Crippen molar-refractivity contribution in [3.8, 4) is 0 Å². The molecule has 0 aliphatic carbocycles. The van der Waals surface area contributed by atoms with E-state index in [0.29, 0.717) is 17.9 Å². The van der Waals surface area contributed by atoms with Crippen molar-refractivity contribution in [2.24, 2.45) is 5.92 Å². The van der Waals surface area contributed by atoms with Crippen molar-refractivity contribution >= 4 is 50.3 Å². The predicted molar refractivity (Wildman–Crippen MR) is 133 cm³/mol. The molecule has 1 amide bonds. The first kappa shape index (κ1) is 22.8. The van der Waals surface area contributed by atoms with E-state index >= 15 is 0 Å². The van der Waals surface area contributed by atoms with Crippen molar-refractivity contribution in [1.82, 2.24) is 24.8 Å². The Labute approximate surface area is 196 Å². The molecule has 2 N–H and O–H groups in total. The monoisotopic (exact) mass is 471 g/mol. The lowest BCUT2D eigenvalue weighted by molar-refractivity contribution is 0.0399. The van der Waals surface area contributed by atoms with Gasteiger partial charge in [-0.1, -0.05) is 18.3 Å². The fourth-order valence-corrected chi connectivity index (χ4v) is 4.60. The minimum absolute atomic E-state index is 0.0976. The Morgan fingerprint density at radius 2 is 1.97 bits per heavy atom. The number of likely N-dealkylation sites (N-methyl/N-ethyl adjacent to an activating group) is 1. The average Bonchev–Trinajstić information content (AvgIpc) is 3.17. The van der Waals surface area contributed by atoms with Crippen LogP contribution in [-0.4, -0.2) is 83.2 Å². The van der Waals surface area contributed by atoms with Crippen LogP contribution in [-0.2, 0) is 0 Å². The van der Waals surface area contributed by atoms with Crippen LogP contribution in [0.3, 0.4) is 0 Å². The fourth-order valence-electron chi connectivity index (χ4n) is 3.38. The lowest BCUT2D eigenvalue weighted by atomic mass is 10.1. The molecular formula is C22H29N7OS2. The van der Waals surface area contributed by atoms with Crippen molar-refractivity contribution < 1.29 is 4.79 Å². The van der Waals surface area contributed by atoms with Crippen LogP contribution < -0.4 is 10.6 Å². The van der Waals surface area contributed by atoms with Gasteiger partial charge >= 0.3 is 0 Å². The summed E-state index contributed by atoms with van der Waals surface area (Å²) in [5.41, 5.74) is 1.65. The SMILES string of the molecule is CSc1cnc(NC[C@H](C)CNc2nc3ccc(C(=O)N4CC(N(C)C)C4)cc3s2)nc1. The van der Waals surface area contributed by atoms with Crippen LogP contribution >= 0.6 is 23.1 Å². The Morgan fingerprint density at radius 1 is 1.25 bits per heavy atom. The van der Waals surface area contributed by atoms with Crippen LogP contribution in [0.4, 0.5) is 11.1 Å². The summed E-state index contributed by atoms with van der Waals surface area (Å²) < 4.78 is 1.02. The number of benzene rings is 1. The van der Waals surface area contributed by atoms with Gasteiger partial charge in [-0.15, -0.1) is 11.8 Å². The lowest BCUT2D eigenvalue weighted by Crippen LogP contribution is -2.59. The normalized spacial score (nSPS) is 15.1. The zero-order valence-corrected chi connectivity index (χ0v) is 20.5. The summed E-state index contributed by atoms with van der Waals surface area (Å²) in [5.74, 6) is 1.10. The van der Waals surface area contributed by atoms with Crippen LogP contribution in [0.1, 0.15) is 17.3 Å². The molecule has 0 radical (unpaired) electrons. The van der Waals surface area contributed by atoms with Crippen LogP contribution in [0.15, 0.2) is 35.5 Å². The Morgan fingerprint density at radius 3 is 2.66 bits per heavy atom. The largest absolute Gasteiger partial charge is 0.361 e. The number of rotatable bonds is 9. The fraction of sp³-hybridized carbons (Fsp3) is 0.455. The third-order valence-corrected chi connectivity index (χ3v) is 7.25. The quantitative estimate of drug-likeness (QED) is 0.460.